The molecule has 2 aliphatic rings. The zero-order chi connectivity index (χ0) is 14.2. The van der Waals surface area contributed by atoms with E-state index in [0.29, 0.717) is 18.1 Å². The molecule has 2 heterocycles. The molecule has 4 heteroatoms. The fourth-order valence-electron chi connectivity index (χ4n) is 3.68. The lowest BCUT2D eigenvalue weighted by atomic mass is 9.93. The standard InChI is InChI=1S/C16H34N4/c1-13(19-11-14-5-4-8-18-10-14)9-15-6-3-7-16(20-15)12-17-2/h13-20H,3-12H2,1-2H3. The fraction of sp³-hybridized carbons (Fsp3) is 1.00. The van der Waals surface area contributed by atoms with E-state index in [-0.39, 0.29) is 0 Å². The van der Waals surface area contributed by atoms with Crippen molar-refractivity contribution in [2.24, 2.45) is 5.92 Å². The van der Waals surface area contributed by atoms with Gasteiger partial charge in [0, 0.05) is 24.7 Å². The van der Waals surface area contributed by atoms with Crippen molar-refractivity contribution in [1.82, 2.24) is 21.3 Å². The van der Waals surface area contributed by atoms with Crippen LogP contribution in [0.3, 0.4) is 0 Å². The van der Waals surface area contributed by atoms with Crippen LogP contribution in [0.25, 0.3) is 0 Å². The monoisotopic (exact) mass is 282 g/mol. The largest absolute Gasteiger partial charge is 0.318 e. The summed E-state index contributed by atoms with van der Waals surface area (Å²) in [6.45, 7) is 7.04. The Kier molecular flexibility index (Phi) is 7.28. The highest BCUT2D eigenvalue weighted by Crippen LogP contribution is 2.16. The lowest BCUT2D eigenvalue weighted by Crippen LogP contribution is -2.49. The van der Waals surface area contributed by atoms with Gasteiger partial charge in [0.2, 0.25) is 0 Å². The van der Waals surface area contributed by atoms with E-state index in [1.807, 2.05) is 7.05 Å². The Morgan fingerprint density at radius 1 is 1.10 bits per heavy atom. The first kappa shape index (κ1) is 16.2. The number of hydrogen-bond donors (Lipinski definition) is 4. The van der Waals surface area contributed by atoms with Gasteiger partial charge in [0.15, 0.2) is 0 Å². The van der Waals surface area contributed by atoms with Crippen LogP contribution in [-0.2, 0) is 0 Å². The van der Waals surface area contributed by atoms with Gasteiger partial charge in [0.1, 0.15) is 0 Å². The van der Waals surface area contributed by atoms with E-state index in [4.69, 9.17) is 0 Å². The predicted molar refractivity (Wildman–Crippen MR) is 86.2 cm³/mol. The molecule has 20 heavy (non-hydrogen) atoms. The predicted octanol–water partition coefficient (Wildman–Crippen LogP) is 1.08. The second kappa shape index (κ2) is 8.98. The highest BCUT2D eigenvalue weighted by Gasteiger charge is 2.22. The molecular formula is C16H34N4. The van der Waals surface area contributed by atoms with Gasteiger partial charge in [-0.05, 0) is 71.6 Å². The topological polar surface area (TPSA) is 48.1 Å². The van der Waals surface area contributed by atoms with E-state index in [9.17, 15) is 0 Å². The molecule has 0 aromatic heterocycles. The van der Waals surface area contributed by atoms with E-state index >= 15 is 0 Å². The highest BCUT2D eigenvalue weighted by molar-refractivity contribution is 4.84. The molecule has 0 bridgehead atoms. The summed E-state index contributed by atoms with van der Waals surface area (Å²) in [6, 6.07) is 2.00. The molecule has 2 fully saturated rings. The second-order valence-electron chi connectivity index (χ2n) is 6.81. The van der Waals surface area contributed by atoms with Gasteiger partial charge in [-0.3, -0.25) is 0 Å². The summed E-state index contributed by atoms with van der Waals surface area (Å²) >= 11 is 0. The molecule has 4 nitrogen and oxygen atoms in total. The third-order valence-corrected chi connectivity index (χ3v) is 4.82. The molecule has 0 aromatic carbocycles. The third-order valence-electron chi connectivity index (χ3n) is 4.82. The van der Waals surface area contributed by atoms with Crippen molar-refractivity contribution in [2.75, 3.05) is 33.2 Å². The Labute approximate surface area is 124 Å². The van der Waals surface area contributed by atoms with Crippen LogP contribution in [-0.4, -0.2) is 51.4 Å². The van der Waals surface area contributed by atoms with Crippen LogP contribution in [0.15, 0.2) is 0 Å². The zero-order valence-corrected chi connectivity index (χ0v) is 13.4. The molecule has 2 aliphatic heterocycles. The molecular weight excluding hydrogens is 248 g/mol. The summed E-state index contributed by atoms with van der Waals surface area (Å²) < 4.78 is 0. The SMILES string of the molecule is CNCC1CCCC(CC(C)NCC2CCCNC2)N1. The normalized spacial score (nSPS) is 33.0. The molecule has 118 valence electrons. The first-order valence-electron chi connectivity index (χ1n) is 8.62. The number of nitrogens with one attached hydrogen (secondary N) is 4. The summed E-state index contributed by atoms with van der Waals surface area (Å²) in [4.78, 5) is 0. The summed E-state index contributed by atoms with van der Waals surface area (Å²) in [5, 5.41) is 14.4. The van der Waals surface area contributed by atoms with E-state index in [2.05, 4.69) is 28.2 Å². The Bertz CT molecular complexity index is 251. The molecule has 4 unspecified atom stereocenters. The van der Waals surface area contributed by atoms with Crippen molar-refractivity contribution in [3.8, 4) is 0 Å². The number of hydrogen-bond acceptors (Lipinski definition) is 4. The number of piperidine rings is 2. The van der Waals surface area contributed by atoms with Gasteiger partial charge in [-0.1, -0.05) is 6.42 Å². The van der Waals surface area contributed by atoms with Gasteiger partial charge in [0.05, 0.1) is 0 Å². The average molecular weight is 282 g/mol. The first-order chi connectivity index (χ1) is 9.78. The third kappa shape index (κ3) is 5.68. The van der Waals surface area contributed by atoms with E-state index in [1.165, 1.54) is 58.2 Å². The zero-order valence-electron chi connectivity index (χ0n) is 13.4. The summed E-state index contributed by atoms with van der Waals surface area (Å²) in [6.07, 6.45) is 8.04. The molecule has 0 spiro atoms. The van der Waals surface area contributed by atoms with Crippen LogP contribution in [0.2, 0.25) is 0 Å². The van der Waals surface area contributed by atoms with Gasteiger partial charge in [-0.2, -0.15) is 0 Å². The lowest BCUT2D eigenvalue weighted by molar-refractivity contribution is 0.275. The van der Waals surface area contributed by atoms with E-state index < -0.39 is 0 Å². The van der Waals surface area contributed by atoms with Gasteiger partial charge >= 0.3 is 0 Å². The Hall–Kier alpha value is -0.160. The van der Waals surface area contributed by atoms with Gasteiger partial charge < -0.3 is 21.3 Å². The first-order valence-corrected chi connectivity index (χ1v) is 8.62. The molecule has 4 atom stereocenters. The second-order valence-corrected chi connectivity index (χ2v) is 6.81. The maximum Gasteiger partial charge on any atom is 0.0194 e. The van der Waals surface area contributed by atoms with Crippen LogP contribution in [0.1, 0.15) is 45.4 Å². The molecule has 4 N–H and O–H groups in total. The molecule has 0 radical (unpaired) electrons. The fourth-order valence-corrected chi connectivity index (χ4v) is 3.68. The molecule has 0 amide bonds. The molecule has 2 rings (SSSR count). The van der Waals surface area contributed by atoms with Gasteiger partial charge in [0.25, 0.3) is 0 Å². The maximum atomic E-state index is 3.81. The molecule has 0 aliphatic carbocycles. The molecule has 0 saturated carbocycles. The Morgan fingerprint density at radius 2 is 1.95 bits per heavy atom. The maximum absolute atomic E-state index is 3.81. The van der Waals surface area contributed by atoms with E-state index in [1.54, 1.807) is 0 Å². The van der Waals surface area contributed by atoms with Crippen LogP contribution in [0, 0.1) is 5.92 Å². The minimum absolute atomic E-state index is 0.628. The van der Waals surface area contributed by atoms with Crippen molar-refractivity contribution in [2.45, 2.75) is 63.6 Å². The summed E-state index contributed by atoms with van der Waals surface area (Å²) in [7, 11) is 2.05. The Balaban J connectivity index is 1.61. The number of likely N-dealkylation sites (N-methyl/N-ethyl adjacent to an activating group) is 1. The minimum Gasteiger partial charge on any atom is -0.318 e. The van der Waals surface area contributed by atoms with Crippen LogP contribution >= 0.6 is 0 Å². The van der Waals surface area contributed by atoms with E-state index in [0.717, 1.165) is 12.5 Å². The van der Waals surface area contributed by atoms with Crippen molar-refractivity contribution in [3.63, 3.8) is 0 Å². The van der Waals surface area contributed by atoms with Crippen LogP contribution in [0.4, 0.5) is 0 Å². The van der Waals surface area contributed by atoms with Gasteiger partial charge in [-0.15, -0.1) is 0 Å². The van der Waals surface area contributed by atoms with Crippen molar-refractivity contribution < 1.29 is 0 Å². The van der Waals surface area contributed by atoms with Crippen LogP contribution < -0.4 is 21.3 Å². The van der Waals surface area contributed by atoms with Crippen LogP contribution in [0.5, 0.6) is 0 Å². The number of rotatable bonds is 7. The smallest absolute Gasteiger partial charge is 0.0194 e. The molecule has 2 saturated heterocycles. The van der Waals surface area contributed by atoms with Crippen molar-refractivity contribution in [3.05, 3.63) is 0 Å². The Morgan fingerprint density at radius 3 is 2.70 bits per heavy atom. The minimum atomic E-state index is 0.628. The van der Waals surface area contributed by atoms with Crippen molar-refractivity contribution in [1.29, 1.82) is 0 Å². The highest BCUT2D eigenvalue weighted by atomic mass is 15.0. The molecule has 0 aromatic rings. The summed E-state index contributed by atoms with van der Waals surface area (Å²) in [5.74, 6) is 0.836. The quantitative estimate of drug-likeness (QED) is 0.564. The van der Waals surface area contributed by atoms with Gasteiger partial charge in [-0.25, -0.2) is 0 Å². The van der Waals surface area contributed by atoms with Crippen molar-refractivity contribution >= 4 is 0 Å². The lowest BCUT2D eigenvalue weighted by Gasteiger charge is -2.33. The summed E-state index contributed by atoms with van der Waals surface area (Å²) in [5.41, 5.74) is 0. The average Bonchev–Trinajstić information content (AvgIpc) is 2.47.